The molecule has 0 aliphatic rings. The number of hydrogen-bond donors (Lipinski definition) is 3. The normalized spacial score (nSPS) is 10.2. The number of nitrogens with one attached hydrogen (secondary N) is 1. The number of nitrogen functional groups attached to an aromatic ring is 1. The summed E-state index contributed by atoms with van der Waals surface area (Å²) in [6, 6.07) is 8.17. The monoisotopic (exact) mass is 286 g/mol. The quantitative estimate of drug-likeness (QED) is 0.757. The summed E-state index contributed by atoms with van der Waals surface area (Å²) >= 11 is 0. The Morgan fingerprint density at radius 2 is 1.95 bits per heavy atom. The second-order valence-corrected chi connectivity index (χ2v) is 4.81. The maximum Gasteiger partial charge on any atom is 0.259 e. The molecule has 2 rings (SSSR count). The van der Waals surface area contributed by atoms with E-state index in [1.165, 1.54) is 19.2 Å². The van der Waals surface area contributed by atoms with Crippen molar-refractivity contribution in [1.29, 1.82) is 0 Å². The number of rotatable bonds is 3. The van der Waals surface area contributed by atoms with Gasteiger partial charge in [-0.1, -0.05) is 6.07 Å². The molecule has 5 nitrogen and oxygen atoms in total. The predicted molar refractivity (Wildman–Crippen MR) is 82.9 cm³/mol. The summed E-state index contributed by atoms with van der Waals surface area (Å²) in [6.45, 7) is 3.72. The Balaban J connectivity index is 2.33. The standard InChI is InChI=1S/C16H18N2O3/c1-9-4-7-13(17)10(2)15(9)18-16(20)12-6-5-11(21-3)8-14(12)19/h4-8,19H,17H2,1-3H3,(H,18,20). The summed E-state index contributed by atoms with van der Waals surface area (Å²) in [6.07, 6.45) is 0. The summed E-state index contributed by atoms with van der Waals surface area (Å²) in [7, 11) is 1.49. The van der Waals surface area contributed by atoms with Crippen molar-refractivity contribution in [1.82, 2.24) is 0 Å². The number of anilines is 2. The van der Waals surface area contributed by atoms with Gasteiger partial charge >= 0.3 is 0 Å². The molecule has 1 amide bonds. The second kappa shape index (κ2) is 5.75. The molecule has 0 saturated heterocycles. The minimum absolute atomic E-state index is 0.133. The number of ether oxygens (including phenoxy) is 1. The van der Waals surface area contributed by atoms with E-state index in [2.05, 4.69) is 5.32 Å². The predicted octanol–water partition coefficient (Wildman–Crippen LogP) is 2.85. The lowest BCUT2D eigenvalue weighted by Crippen LogP contribution is -2.14. The van der Waals surface area contributed by atoms with E-state index >= 15 is 0 Å². The van der Waals surface area contributed by atoms with Crippen molar-refractivity contribution in [2.45, 2.75) is 13.8 Å². The van der Waals surface area contributed by atoms with Gasteiger partial charge in [-0.2, -0.15) is 0 Å². The Bertz CT molecular complexity index is 696. The lowest BCUT2D eigenvalue weighted by atomic mass is 10.1. The number of methoxy groups -OCH3 is 1. The van der Waals surface area contributed by atoms with Gasteiger partial charge < -0.3 is 20.9 Å². The van der Waals surface area contributed by atoms with E-state index in [-0.39, 0.29) is 11.3 Å². The third-order valence-electron chi connectivity index (χ3n) is 3.40. The van der Waals surface area contributed by atoms with Gasteiger partial charge in [0.05, 0.1) is 12.7 Å². The highest BCUT2D eigenvalue weighted by Gasteiger charge is 2.15. The molecule has 0 aliphatic carbocycles. The fourth-order valence-corrected chi connectivity index (χ4v) is 2.07. The number of nitrogens with two attached hydrogens (primary N) is 1. The number of hydrogen-bond acceptors (Lipinski definition) is 4. The highest BCUT2D eigenvalue weighted by Crippen LogP contribution is 2.28. The average Bonchev–Trinajstić information content (AvgIpc) is 2.47. The molecule has 0 aromatic heterocycles. The molecule has 2 aromatic rings. The van der Waals surface area contributed by atoms with Gasteiger partial charge in [0.2, 0.25) is 0 Å². The van der Waals surface area contributed by atoms with Gasteiger partial charge in [-0.15, -0.1) is 0 Å². The first-order chi connectivity index (χ1) is 9.93. The van der Waals surface area contributed by atoms with Crippen LogP contribution in [0.3, 0.4) is 0 Å². The first-order valence-corrected chi connectivity index (χ1v) is 6.48. The van der Waals surface area contributed by atoms with Crippen molar-refractivity contribution in [3.63, 3.8) is 0 Å². The number of amides is 1. The molecule has 0 radical (unpaired) electrons. The second-order valence-electron chi connectivity index (χ2n) is 4.81. The zero-order valence-electron chi connectivity index (χ0n) is 12.2. The smallest absolute Gasteiger partial charge is 0.259 e. The van der Waals surface area contributed by atoms with Crippen molar-refractivity contribution >= 4 is 17.3 Å². The topological polar surface area (TPSA) is 84.6 Å². The van der Waals surface area contributed by atoms with Gasteiger partial charge in [-0.05, 0) is 43.2 Å². The summed E-state index contributed by atoms with van der Waals surface area (Å²) in [5, 5.41) is 12.7. The van der Waals surface area contributed by atoms with Gasteiger partial charge in [0.25, 0.3) is 5.91 Å². The Hall–Kier alpha value is -2.69. The van der Waals surface area contributed by atoms with E-state index < -0.39 is 5.91 Å². The molecule has 2 aromatic carbocycles. The van der Waals surface area contributed by atoms with Crippen LogP contribution in [0.5, 0.6) is 11.5 Å². The molecule has 5 heteroatoms. The molecule has 0 bridgehead atoms. The maximum atomic E-state index is 12.3. The van der Waals surface area contributed by atoms with E-state index in [0.29, 0.717) is 17.1 Å². The van der Waals surface area contributed by atoms with Crippen molar-refractivity contribution in [2.75, 3.05) is 18.2 Å². The summed E-state index contributed by atoms with van der Waals surface area (Å²) < 4.78 is 4.99. The Labute approximate surface area is 123 Å². The summed E-state index contributed by atoms with van der Waals surface area (Å²) in [4.78, 5) is 12.3. The highest BCUT2D eigenvalue weighted by molar-refractivity contribution is 6.07. The zero-order valence-corrected chi connectivity index (χ0v) is 12.2. The summed E-state index contributed by atoms with van der Waals surface area (Å²) in [5.74, 6) is -0.0432. The first kappa shape index (κ1) is 14.7. The highest BCUT2D eigenvalue weighted by atomic mass is 16.5. The molecule has 110 valence electrons. The largest absolute Gasteiger partial charge is 0.507 e. The minimum Gasteiger partial charge on any atom is -0.507 e. The van der Waals surface area contributed by atoms with Crippen LogP contribution in [0.1, 0.15) is 21.5 Å². The zero-order chi connectivity index (χ0) is 15.6. The molecular weight excluding hydrogens is 268 g/mol. The van der Waals surface area contributed by atoms with Crippen LogP contribution in [0, 0.1) is 13.8 Å². The SMILES string of the molecule is COc1ccc(C(=O)Nc2c(C)ccc(N)c2C)c(O)c1. The molecule has 0 atom stereocenters. The Morgan fingerprint density at radius 3 is 2.57 bits per heavy atom. The summed E-state index contributed by atoms with van der Waals surface area (Å²) in [5.41, 5.74) is 9.01. The molecular formula is C16H18N2O3. The lowest BCUT2D eigenvalue weighted by Gasteiger charge is -2.14. The van der Waals surface area contributed by atoms with Crippen molar-refractivity contribution in [2.24, 2.45) is 0 Å². The number of carbonyl (C=O) groups is 1. The minimum atomic E-state index is -0.396. The van der Waals surface area contributed by atoms with Crippen LogP contribution in [0.25, 0.3) is 0 Å². The van der Waals surface area contributed by atoms with Crippen molar-refractivity contribution in [3.05, 3.63) is 47.0 Å². The van der Waals surface area contributed by atoms with Crippen molar-refractivity contribution < 1.29 is 14.6 Å². The first-order valence-electron chi connectivity index (χ1n) is 6.48. The number of phenolic OH excluding ortho intramolecular Hbond substituents is 1. The fraction of sp³-hybridized carbons (Fsp3) is 0.188. The maximum absolute atomic E-state index is 12.3. The van der Waals surface area contributed by atoms with Crippen LogP contribution in [0.2, 0.25) is 0 Å². The van der Waals surface area contributed by atoms with E-state index in [9.17, 15) is 9.90 Å². The van der Waals surface area contributed by atoms with Crippen LogP contribution in [0.15, 0.2) is 30.3 Å². The van der Waals surface area contributed by atoms with E-state index in [0.717, 1.165) is 11.1 Å². The van der Waals surface area contributed by atoms with E-state index in [4.69, 9.17) is 10.5 Å². The molecule has 0 saturated carbocycles. The van der Waals surface area contributed by atoms with Crippen LogP contribution in [0.4, 0.5) is 11.4 Å². The van der Waals surface area contributed by atoms with E-state index in [1.54, 1.807) is 12.1 Å². The van der Waals surface area contributed by atoms with E-state index in [1.807, 2.05) is 19.9 Å². The van der Waals surface area contributed by atoms with Gasteiger partial charge in [0.1, 0.15) is 11.5 Å². The number of benzene rings is 2. The molecule has 0 aliphatic heterocycles. The number of phenols is 1. The molecule has 0 spiro atoms. The third-order valence-corrected chi connectivity index (χ3v) is 3.40. The van der Waals surface area contributed by atoms with Crippen LogP contribution in [-0.2, 0) is 0 Å². The fourth-order valence-electron chi connectivity index (χ4n) is 2.07. The van der Waals surface area contributed by atoms with Gasteiger partial charge in [0.15, 0.2) is 0 Å². The van der Waals surface area contributed by atoms with Gasteiger partial charge in [0, 0.05) is 17.4 Å². The number of carbonyl (C=O) groups excluding carboxylic acids is 1. The molecule has 0 heterocycles. The van der Waals surface area contributed by atoms with Crippen LogP contribution in [-0.4, -0.2) is 18.1 Å². The Morgan fingerprint density at radius 1 is 1.24 bits per heavy atom. The van der Waals surface area contributed by atoms with Gasteiger partial charge in [-0.25, -0.2) is 0 Å². The molecule has 0 fully saturated rings. The lowest BCUT2D eigenvalue weighted by molar-refractivity contribution is 0.102. The average molecular weight is 286 g/mol. The third kappa shape index (κ3) is 2.91. The molecule has 21 heavy (non-hydrogen) atoms. The van der Waals surface area contributed by atoms with Crippen LogP contribution < -0.4 is 15.8 Å². The van der Waals surface area contributed by atoms with Crippen LogP contribution >= 0.6 is 0 Å². The van der Waals surface area contributed by atoms with Gasteiger partial charge in [-0.3, -0.25) is 4.79 Å². The molecule has 4 N–H and O–H groups in total. The number of aromatic hydroxyl groups is 1. The molecule has 0 unspecified atom stereocenters. The number of aryl methyl sites for hydroxylation is 1. The Kier molecular flexibility index (Phi) is 4.03. The van der Waals surface area contributed by atoms with Crippen molar-refractivity contribution in [3.8, 4) is 11.5 Å².